The number of hydrogen-bond donors (Lipinski definition) is 1. The second-order valence-corrected chi connectivity index (χ2v) is 5.82. The third-order valence-corrected chi connectivity index (χ3v) is 4.31. The molecule has 0 unspecified atom stereocenters. The number of thioether (sulfide) groups is 1. The highest BCUT2D eigenvalue weighted by molar-refractivity contribution is 7.98. The second kappa shape index (κ2) is 5.46. The molecule has 3 aromatic rings. The van der Waals surface area contributed by atoms with Crippen LogP contribution in [0.4, 0.5) is 5.69 Å². The minimum Gasteiger partial charge on any atom is -0.397 e. The first kappa shape index (κ1) is 12.3. The van der Waals surface area contributed by atoms with Gasteiger partial charge < -0.3 is 10.3 Å². The van der Waals surface area contributed by atoms with Crippen LogP contribution in [0.1, 0.15) is 5.69 Å². The van der Waals surface area contributed by atoms with Gasteiger partial charge in [0.05, 0.1) is 27.5 Å². The van der Waals surface area contributed by atoms with Gasteiger partial charge in [-0.2, -0.15) is 0 Å². The fourth-order valence-electron chi connectivity index (χ4n) is 1.54. The molecular weight excluding hydrogens is 278 g/mol. The molecule has 0 aliphatic heterocycles. The Hall–Kier alpha value is -1.79. The molecule has 96 valence electrons. The Morgan fingerprint density at radius 1 is 1.32 bits per heavy atom. The van der Waals surface area contributed by atoms with Crippen LogP contribution in [0.2, 0.25) is 0 Å². The first-order valence-electron chi connectivity index (χ1n) is 5.65. The van der Waals surface area contributed by atoms with Crippen LogP contribution in [0.25, 0.3) is 10.6 Å². The van der Waals surface area contributed by atoms with E-state index in [4.69, 9.17) is 10.3 Å². The van der Waals surface area contributed by atoms with E-state index in [0.717, 1.165) is 27.1 Å². The third-order valence-electron chi connectivity index (χ3n) is 2.45. The van der Waals surface area contributed by atoms with Crippen LogP contribution >= 0.6 is 23.1 Å². The maximum absolute atomic E-state index is 5.59. The van der Waals surface area contributed by atoms with E-state index in [1.807, 2.05) is 35.7 Å². The van der Waals surface area contributed by atoms with Crippen molar-refractivity contribution < 1.29 is 4.52 Å². The molecule has 0 radical (unpaired) electrons. The molecule has 2 N–H and O–H groups in total. The van der Waals surface area contributed by atoms with E-state index in [9.17, 15) is 0 Å². The van der Waals surface area contributed by atoms with E-state index in [1.54, 1.807) is 29.3 Å². The monoisotopic (exact) mass is 289 g/mol. The SMILES string of the molecule is Nc1ccc(SCc2cc(-c3cccs3)on2)nc1. The van der Waals surface area contributed by atoms with Crippen LogP contribution < -0.4 is 5.73 Å². The van der Waals surface area contributed by atoms with Gasteiger partial charge in [-0.25, -0.2) is 4.98 Å². The van der Waals surface area contributed by atoms with Gasteiger partial charge in [0.1, 0.15) is 0 Å². The first-order valence-corrected chi connectivity index (χ1v) is 7.51. The lowest BCUT2D eigenvalue weighted by Gasteiger charge is -1.97. The number of rotatable bonds is 4. The zero-order valence-corrected chi connectivity index (χ0v) is 11.6. The summed E-state index contributed by atoms with van der Waals surface area (Å²) >= 11 is 3.25. The number of nitrogens with zero attached hydrogens (tertiary/aromatic N) is 2. The molecule has 6 heteroatoms. The molecule has 0 saturated carbocycles. The summed E-state index contributed by atoms with van der Waals surface area (Å²) in [6.45, 7) is 0. The van der Waals surface area contributed by atoms with E-state index in [-0.39, 0.29) is 0 Å². The Kier molecular flexibility index (Phi) is 3.52. The molecule has 4 nitrogen and oxygen atoms in total. The summed E-state index contributed by atoms with van der Waals surface area (Å²) in [7, 11) is 0. The highest BCUT2D eigenvalue weighted by Gasteiger charge is 2.08. The number of thiophene rings is 1. The maximum atomic E-state index is 5.59. The summed E-state index contributed by atoms with van der Waals surface area (Å²) in [6, 6.07) is 9.73. The molecule has 0 aromatic carbocycles. The number of hydrogen-bond acceptors (Lipinski definition) is 6. The van der Waals surface area contributed by atoms with Crippen LogP contribution in [0.5, 0.6) is 0 Å². The zero-order valence-electron chi connectivity index (χ0n) is 9.95. The minimum absolute atomic E-state index is 0.672. The van der Waals surface area contributed by atoms with Crippen molar-refractivity contribution in [2.75, 3.05) is 5.73 Å². The first-order chi connectivity index (χ1) is 9.31. The summed E-state index contributed by atoms with van der Waals surface area (Å²) in [4.78, 5) is 5.32. The van der Waals surface area contributed by atoms with Gasteiger partial charge in [-0.15, -0.1) is 11.3 Å². The molecule has 19 heavy (non-hydrogen) atoms. The van der Waals surface area contributed by atoms with Crippen molar-refractivity contribution >= 4 is 28.8 Å². The standard InChI is InChI=1S/C13H11N3OS2/c14-9-3-4-13(15-7-9)19-8-10-6-11(17-16-10)12-2-1-5-18-12/h1-7H,8,14H2. The summed E-state index contributed by atoms with van der Waals surface area (Å²) < 4.78 is 5.32. The van der Waals surface area contributed by atoms with E-state index < -0.39 is 0 Å². The van der Waals surface area contributed by atoms with Crippen molar-refractivity contribution in [3.05, 3.63) is 47.6 Å². The van der Waals surface area contributed by atoms with Gasteiger partial charge in [-0.05, 0) is 23.6 Å². The van der Waals surface area contributed by atoms with Crippen molar-refractivity contribution in [3.63, 3.8) is 0 Å². The lowest BCUT2D eigenvalue weighted by Crippen LogP contribution is -1.87. The number of aromatic nitrogens is 2. The zero-order chi connectivity index (χ0) is 13.1. The van der Waals surface area contributed by atoms with Gasteiger partial charge in [0, 0.05) is 11.8 Å². The molecule has 0 atom stereocenters. The van der Waals surface area contributed by atoms with Crippen molar-refractivity contribution in [1.29, 1.82) is 0 Å². The predicted molar refractivity (Wildman–Crippen MR) is 78.0 cm³/mol. The lowest BCUT2D eigenvalue weighted by atomic mass is 10.3. The quantitative estimate of drug-likeness (QED) is 0.742. The number of pyridine rings is 1. The highest BCUT2D eigenvalue weighted by Crippen LogP contribution is 2.27. The Morgan fingerprint density at radius 3 is 3.00 bits per heavy atom. The Bertz CT molecular complexity index is 647. The molecular formula is C13H11N3OS2. The minimum atomic E-state index is 0.672. The molecule has 3 heterocycles. The van der Waals surface area contributed by atoms with E-state index in [1.165, 1.54) is 0 Å². The van der Waals surface area contributed by atoms with Crippen molar-refractivity contribution in [2.45, 2.75) is 10.8 Å². The molecule has 0 fully saturated rings. The van der Waals surface area contributed by atoms with Gasteiger partial charge >= 0.3 is 0 Å². The van der Waals surface area contributed by atoms with Gasteiger partial charge in [-0.3, -0.25) is 0 Å². The van der Waals surface area contributed by atoms with E-state index >= 15 is 0 Å². The van der Waals surface area contributed by atoms with Crippen LogP contribution in [0, 0.1) is 0 Å². The average molecular weight is 289 g/mol. The van der Waals surface area contributed by atoms with Crippen molar-refractivity contribution in [1.82, 2.24) is 10.1 Å². The molecule has 0 bridgehead atoms. The smallest absolute Gasteiger partial charge is 0.177 e. The van der Waals surface area contributed by atoms with Crippen LogP contribution in [0.3, 0.4) is 0 Å². The normalized spacial score (nSPS) is 10.7. The highest BCUT2D eigenvalue weighted by atomic mass is 32.2. The van der Waals surface area contributed by atoms with Gasteiger partial charge in [0.15, 0.2) is 5.76 Å². The largest absolute Gasteiger partial charge is 0.397 e. The summed E-state index contributed by atoms with van der Waals surface area (Å²) in [5.41, 5.74) is 7.17. The maximum Gasteiger partial charge on any atom is 0.177 e. The van der Waals surface area contributed by atoms with Crippen LogP contribution in [-0.2, 0) is 5.75 Å². The molecule has 0 aliphatic carbocycles. The van der Waals surface area contributed by atoms with Gasteiger partial charge in [0.2, 0.25) is 0 Å². The number of nitrogens with two attached hydrogens (primary N) is 1. The fraction of sp³-hybridized carbons (Fsp3) is 0.0769. The third kappa shape index (κ3) is 2.97. The summed E-state index contributed by atoms with van der Waals surface area (Å²) in [5, 5.41) is 7.01. The lowest BCUT2D eigenvalue weighted by molar-refractivity contribution is 0.427. The topological polar surface area (TPSA) is 64.9 Å². The van der Waals surface area contributed by atoms with Crippen molar-refractivity contribution in [2.24, 2.45) is 0 Å². The summed E-state index contributed by atoms with van der Waals surface area (Å²) in [5.74, 6) is 1.54. The average Bonchev–Trinajstić information content (AvgIpc) is 3.09. The van der Waals surface area contributed by atoms with Gasteiger partial charge in [-0.1, -0.05) is 23.0 Å². The predicted octanol–water partition coefficient (Wildman–Crippen LogP) is 3.67. The second-order valence-electron chi connectivity index (χ2n) is 3.88. The fourth-order valence-corrected chi connectivity index (χ4v) is 2.94. The molecule has 3 rings (SSSR count). The Morgan fingerprint density at radius 2 is 2.26 bits per heavy atom. The van der Waals surface area contributed by atoms with E-state index in [0.29, 0.717) is 5.69 Å². The van der Waals surface area contributed by atoms with Gasteiger partial charge in [0.25, 0.3) is 0 Å². The number of nitrogen functional groups attached to an aromatic ring is 1. The van der Waals surface area contributed by atoms with E-state index in [2.05, 4.69) is 10.1 Å². The molecule has 0 spiro atoms. The van der Waals surface area contributed by atoms with Crippen molar-refractivity contribution in [3.8, 4) is 10.6 Å². The number of anilines is 1. The molecule has 3 aromatic heterocycles. The Balaban J connectivity index is 1.66. The Labute approximate surface area is 118 Å². The van der Waals surface area contributed by atoms with Crippen LogP contribution in [0.15, 0.2) is 51.5 Å². The molecule has 0 saturated heterocycles. The molecule has 0 aliphatic rings. The molecule has 0 amide bonds. The summed E-state index contributed by atoms with van der Waals surface area (Å²) in [6.07, 6.45) is 1.65. The van der Waals surface area contributed by atoms with Crippen LogP contribution in [-0.4, -0.2) is 10.1 Å².